The van der Waals surface area contributed by atoms with E-state index in [1.807, 2.05) is 6.92 Å². The van der Waals surface area contributed by atoms with Crippen LogP contribution in [0.1, 0.15) is 5.56 Å². The van der Waals surface area contributed by atoms with Crippen LogP contribution in [-0.2, 0) is 42.9 Å². The summed E-state index contributed by atoms with van der Waals surface area (Å²) in [5, 5.41) is 0. The van der Waals surface area contributed by atoms with E-state index in [-0.39, 0.29) is 78.7 Å². The van der Waals surface area contributed by atoms with E-state index < -0.39 is 8.87 Å². The van der Waals surface area contributed by atoms with Gasteiger partial charge in [-0.2, -0.15) is 0 Å². The summed E-state index contributed by atoms with van der Waals surface area (Å²) < 4.78 is 21.5. The third-order valence-electron chi connectivity index (χ3n) is 1.31. The predicted octanol–water partition coefficient (Wildman–Crippen LogP) is 0.847. The molecule has 0 bridgehead atoms. The van der Waals surface area contributed by atoms with Crippen molar-refractivity contribution in [3.05, 3.63) is 29.8 Å². The van der Waals surface area contributed by atoms with E-state index in [1.165, 1.54) is 12.1 Å². The Balaban J connectivity index is 0. The fraction of sp³-hybridized carbons (Fsp3) is 0.143. The maximum absolute atomic E-state index is 10.8. The van der Waals surface area contributed by atoms with Crippen LogP contribution in [0.25, 0.3) is 0 Å². The minimum absolute atomic E-state index is 0. The predicted molar refractivity (Wildman–Crippen MR) is 51.5 cm³/mol. The zero-order chi connectivity index (χ0) is 8.48. The molecule has 0 aliphatic carbocycles. The van der Waals surface area contributed by atoms with Crippen LogP contribution in [0.2, 0.25) is 0 Å². The van der Waals surface area contributed by atoms with Gasteiger partial charge in [0.15, 0.2) is 0 Å². The summed E-state index contributed by atoms with van der Waals surface area (Å²) in [6, 6.07) is 6.47. The molecule has 1 radical (unpaired) electrons. The quantitative estimate of drug-likeness (QED) is 0.382. The normalized spacial score (nSPS) is 9.69. The molecule has 0 unspecified atom stereocenters. The molecule has 0 saturated heterocycles. The molecule has 0 saturated carbocycles. The molecule has 1 rings (SSSR count). The summed E-state index contributed by atoms with van der Waals surface area (Å²) in [4.78, 5) is 0.193. The van der Waals surface area contributed by atoms with Crippen molar-refractivity contribution in [2.45, 2.75) is 11.8 Å². The first-order valence-corrected chi connectivity index (χ1v) is 5.43. The molecule has 0 fully saturated rings. The molecule has 0 aliphatic rings. The van der Waals surface area contributed by atoms with Crippen LogP contribution < -0.4 is 0 Å². The molecular formula is C7H7AuKO2S2. The Morgan fingerprint density at radius 1 is 1.15 bits per heavy atom. The fourth-order valence-corrected chi connectivity index (χ4v) is 1.51. The molecule has 1 aromatic rings. The molecule has 0 amide bonds. The zero-order valence-corrected chi connectivity index (χ0v) is 14.2. The average molecular weight is 423 g/mol. The van der Waals surface area contributed by atoms with Crippen LogP contribution in [0.15, 0.2) is 29.2 Å². The molecular weight excluding hydrogens is 416 g/mol. The second-order valence-corrected chi connectivity index (χ2v) is 4.96. The van der Waals surface area contributed by atoms with E-state index >= 15 is 0 Å². The third-order valence-corrected chi connectivity index (χ3v) is 2.74. The van der Waals surface area contributed by atoms with Crippen LogP contribution in [-0.4, -0.2) is 59.8 Å². The van der Waals surface area contributed by atoms with Crippen LogP contribution in [0.4, 0.5) is 0 Å². The standard InChI is InChI=1S/C7H8O2S2.Au.K/c1-6-2-4-7(5-3-6)11(8,9)10;;/h2-5H,1H3,(H,8,9,10);;/q;+1;/p-1. The van der Waals surface area contributed by atoms with Crippen molar-refractivity contribution in [2.75, 3.05) is 0 Å². The van der Waals surface area contributed by atoms with Crippen molar-refractivity contribution in [2.24, 2.45) is 0 Å². The van der Waals surface area contributed by atoms with Crippen LogP contribution in [0.5, 0.6) is 0 Å². The van der Waals surface area contributed by atoms with E-state index in [9.17, 15) is 8.42 Å². The number of aryl methyl sites for hydroxylation is 1. The Kier molecular flexibility index (Phi) is 9.60. The molecule has 0 N–H and O–H groups in total. The number of rotatable bonds is 1. The SMILES string of the molecule is Cc1ccc(S(=O)(=O)[S-])cc1.[Au+].[K]. The van der Waals surface area contributed by atoms with Crippen molar-refractivity contribution in [3.8, 4) is 0 Å². The Hall–Kier alpha value is 1.90. The van der Waals surface area contributed by atoms with Gasteiger partial charge < -0.3 is 11.7 Å². The van der Waals surface area contributed by atoms with E-state index in [1.54, 1.807) is 12.1 Å². The second kappa shape index (κ2) is 7.22. The van der Waals surface area contributed by atoms with E-state index in [4.69, 9.17) is 0 Å². The van der Waals surface area contributed by atoms with Crippen molar-refractivity contribution >= 4 is 71.9 Å². The van der Waals surface area contributed by atoms with Crippen LogP contribution >= 0.6 is 0 Å². The molecule has 13 heavy (non-hydrogen) atoms. The number of hydrogen-bond acceptors (Lipinski definition) is 3. The topological polar surface area (TPSA) is 34.1 Å². The first kappa shape index (κ1) is 17.3. The van der Waals surface area contributed by atoms with Gasteiger partial charge in [0.05, 0.1) is 8.87 Å². The smallest absolute Gasteiger partial charge is 0.644 e. The summed E-state index contributed by atoms with van der Waals surface area (Å²) in [5.41, 5.74) is 1.02. The third kappa shape index (κ3) is 6.14. The largest absolute Gasteiger partial charge is 1.00 e. The van der Waals surface area contributed by atoms with E-state index in [0.717, 1.165) is 5.56 Å². The Bertz CT molecular complexity index is 347. The number of benzene rings is 1. The van der Waals surface area contributed by atoms with Gasteiger partial charge in [-0.1, -0.05) is 17.7 Å². The van der Waals surface area contributed by atoms with Gasteiger partial charge in [0.2, 0.25) is 0 Å². The van der Waals surface area contributed by atoms with E-state index in [0.29, 0.717) is 0 Å². The fourth-order valence-electron chi connectivity index (χ4n) is 0.705. The summed E-state index contributed by atoms with van der Waals surface area (Å²) in [7, 11) is -3.44. The van der Waals surface area contributed by atoms with E-state index in [2.05, 4.69) is 11.7 Å². The minimum Gasteiger partial charge on any atom is -0.644 e. The van der Waals surface area contributed by atoms with Crippen molar-refractivity contribution in [1.82, 2.24) is 0 Å². The molecule has 0 heterocycles. The van der Waals surface area contributed by atoms with Gasteiger partial charge >= 0.3 is 22.4 Å². The van der Waals surface area contributed by atoms with Gasteiger partial charge in [0.25, 0.3) is 0 Å². The van der Waals surface area contributed by atoms with Gasteiger partial charge in [-0.3, -0.25) is 0 Å². The second-order valence-electron chi connectivity index (χ2n) is 2.27. The summed E-state index contributed by atoms with van der Waals surface area (Å²) in [5.74, 6) is 0. The molecule has 1 aromatic carbocycles. The monoisotopic (exact) mass is 423 g/mol. The first-order valence-electron chi connectivity index (χ1n) is 3.03. The molecule has 0 aliphatic heterocycles. The maximum Gasteiger partial charge on any atom is 1.00 e. The van der Waals surface area contributed by atoms with Crippen molar-refractivity contribution < 1.29 is 30.8 Å². The Morgan fingerprint density at radius 2 is 1.54 bits per heavy atom. The zero-order valence-electron chi connectivity index (χ0n) is 7.24. The molecule has 0 spiro atoms. The average Bonchev–Trinajstić information content (AvgIpc) is 1.86. The summed E-state index contributed by atoms with van der Waals surface area (Å²) >= 11 is 4.27. The molecule has 0 atom stereocenters. The van der Waals surface area contributed by atoms with Gasteiger partial charge in [0.1, 0.15) is 0 Å². The first-order chi connectivity index (χ1) is 5.00. The summed E-state index contributed by atoms with van der Waals surface area (Å²) in [6.07, 6.45) is 0. The van der Waals surface area contributed by atoms with Crippen molar-refractivity contribution in [3.63, 3.8) is 0 Å². The summed E-state index contributed by atoms with van der Waals surface area (Å²) in [6.45, 7) is 1.89. The van der Waals surface area contributed by atoms with Crippen LogP contribution in [0, 0.1) is 6.92 Å². The molecule has 0 aromatic heterocycles. The van der Waals surface area contributed by atoms with Gasteiger partial charge in [-0.05, 0) is 19.1 Å². The Morgan fingerprint density at radius 3 is 1.85 bits per heavy atom. The molecule has 6 heteroatoms. The molecule has 71 valence electrons. The van der Waals surface area contributed by atoms with Crippen LogP contribution in [0.3, 0.4) is 0 Å². The van der Waals surface area contributed by atoms with Crippen molar-refractivity contribution in [1.29, 1.82) is 0 Å². The maximum atomic E-state index is 10.8. The van der Waals surface area contributed by atoms with Gasteiger partial charge in [0, 0.05) is 56.3 Å². The minimum atomic E-state index is -3.44. The Labute approximate surface area is 142 Å². The number of hydrogen-bond donors (Lipinski definition) is 0. The van der Waals surface area contributed by atoms with Gasteiger partial charge in [-0.15, -0.1) is 0 Å². The molecule has 2 nitrogen and oxygen atoms in total. The van der Waals surface area contributed by atoms with Gasteiger partial charge in [-0.25, -0.2) is 8.42 Å².